The van der Waals surface area contributed by atoms with Crippen LogP contribution in [0.15, 0.2) is 58.1 Å². The molecule has 1 atom stereocenters. The van der Waals surface area contributed by atoms with E-state index in [4.69, 9.17) is 20.4 Å². The van der Waals surface area contributed by atoms with E-state index in [2.05, 4.69) is 27.0 Å². The van der Waals surface area contributed by atoms with Crippen molar-refractivity contribution in [2.45, 2.75) is 19.4 Å². The fraction of sp³-hybridized carbons (Fsp3) is 0.190. The molecule has 0 radical (unpaired) electrons. The minimum Gasteiger partial charge on any atom is -0.495 e. The van der Waals surface area contributed by atoms with Gasteiger partial charge in [0.05, 0.1) is 18.5 Å². The average molecular weight is 423 g/mol. The van der Waals surface area contributed by atoms with Gasteiger partial charge in [-0.25, -0.2) is 4.99 Å². The Morgan fingerprint density at radius 1 is 1.11 bits per heavy atom. The van der Waals surface area contributed by atoms with E-state index < -0.39 is 5.54 Å². The van der Waals surface area contributed by atoms with Gasteiger partial charge in [0.2, 0.25) is 0 Å². The second-order valence-electron chi connectivity index (χ2n) is 6.56. The van der Waals surface area contributed by atoms with E-state index in [0.717, 1.165) is 38.3 Å². The molecule has 0 bridgehead atoms. The van der Waals surface area contributed by atoms with Crippen molar-refractivity contribution in [1.82, 2.24) is 9.97 Å². The van der Waals surface area contributed by atoms with E-state index in [0.29, 0.717) is 11.5 Å². The van der Waals surface area contributed by atoms with Crippen molar-refractivity contribution >= 4 is 21.8 Å². The molecular formula is C21H19BrN4O. The van der Waals surface area contributed by atoms with Crippen molar-refractivity contribution in [3.63, 3.8) is 0 Å². The van der Waals surface area contributed by atoms with Gasteiger partial charge in [-0.1, -0.05) is 34.1 Å². The summed E-state index contributed by atoms with van der Waals surface area (Å²) in [6.07, 6.45) is 1.73. The number of ether oxygens (including phenoxy) is 1. The summed E-state index contributed by atoms with van der Waals surface area (Å²) >= 11 is 3.58. The molecule has 0 saturated heterocycles. The highest BCUT2D eigenvalue weighted by atomic mass is 79.9. The molecule has 6 heteroatoms. The zero-order chi connectivity index (χ0) is 19.2. The number of halogens is 1. The second-order valence-corrected chi connectivity index (χ2v) is 7.48. The molecule has 0 spiro atoms. The number of aromatic nitrogens is 2. The number of hydrogen-bond donors (Lipinski definition) is 1. The van der Waals surface area contributed by atoms with Crippen molar-refractivity contribution < 1.29 is 4.74 Å². The number of benzene rings is 1. The third-order valence-corrected chi connectivity index (χ3v) is 5.37. The number of hydrogen-bond acceptors (Lipinski definition) is 5. The quantitative estimate of drug-likeness (QED) is 0.694. The van der Waals surface area contributed by atoms with Gasteiger partial charge < -0.3 is 10.5 Å². The minimum absolute atomic E-state index is 0.415. The molecule has 2 aromatic heterocycles. The Labute approximate surface area is 166 Å². The van der Waals surface area contributed by atoms with Crippen molar-refractivity contribution in [2.24, 2.45) is 10.7 Å². The molecule has 0 fully saturated rings. The second kappa shape index (κ2) is 6.46. The van der Waals surface area contributed by atoms with Crippen molar-refractivity contribution in [3.05, 3.63) is 86.9 Å². The Hall–Kier alpha value is -2.73. The first kappa shape index (κ1) is 17.7. The van der Waals surface area contributed by atoms with Gasteiger partial charge in [0.1, 0.15) is 17.3 Å². The van der Waals surface area contributed by atoms with Crippen molar-refractivity contribution in [1.29, 1.82) is 0 Å². The SMILES string of the molecule is COc1c(C)cc(C2(c3cccc(Br)c3)N=C(N)c3ncccc32)nc1C. The molecule has 1 aliphatic rings. The fourth-order valence-corrected chi connectivity index (χ4v) is 4.18. The minimum atomic E-state index is -0.848. The highest BCUT2D eigenvalue weighted by Crippen LogP contribution is 2.46. The zero-order valence-electron chi connectivity index (χ0n) is 15.3. The van der Waals surface area contributed by atoms with Gasteiger partial charge in [-0.15, -0.1) is 0 Å². The van der Waals surface area contributed by atoms with Gasteiger partial charge >= 0.3 is 0 Å². The zero-order valence-corrected chi connectivity index (χ0v) is 16.9. The van der Waals surface area contributed by atoms with Crippen LogP contribution < -0.4 is 10.5 Å². The third kappa shape index (κ3) is 2.63. The van der Waals surface area contributed by atoms with E-state index in [1.807, 2.05) is 50.2 Å². The summed E-state index contributed by atoms with van der Waals surface area (Å²) in [5.41, 5.74) is 10.7. The van der Waals surface area contributed by atoms with Crippen LogP contribution in [0, 0.1) is 13.8 Å². The largest absolute Gasteiger partial charge is 0.495 e. The van der Waals surface area contributed by atoms with Crippen LogP contribution in [-0.2, 0) is 5.54 Å². The van der Waals surface area contributed by atoms with Gasteiger partial charge in [-0.3, -0.25) is 9.97 Å². The summed E-state index contributed by atoms with van der Waals surface area (Å²) < 4.78 is 6.46. The molecule has 0 aliphatic carbocycles. The Bertz CT molecular complexity index is 1060. The lowest BCUT2D eigenvalue weighted by Crippen LogP contribution is -2.27. The van der Waals surface area contributed by atoms with Gasteiger partial charge in [0.25, 0.3) is 0 Å². The first-order valence-corrected chi connectivity index (χ1v) is 9.36. The average Bonchev–Trinajstić information content (AvgIpc) is 2.96. The highest BCUT2D eigenvalue weighted by Gasteiger charge is 2.45. The third-order valence-electron chi connectivity index (χ3n) is 4.87. The number of amidine groups is 1. The van der Waals surface area contributed by atoms with E-state index in [-0.39, 0.29) is 0 Å². The first-order chi connectivity index (χ1) is 13.0. The van der Waals surface area contributed by atoms with Crippen LogP contribution in [0.1, 0.15) is 33.8 Å². The number of nitrogens with zero attached hydrogens (tertiary/aromatic N) is 3. The predicted molar refractivity (Wildman–Crippen MR) is 109 cm³/mol. The molecule has 0 saturated carbocycles. The lowest BCUT2D eigenvalue weighted by molar-refractivity contribution is 0.404. The maximum atomic E-state index is 6.29. The molecular weight excluding hydrogens is 404 g/mol. The van der Waals surface area contributed by atoms with E-state index >= 15 is 0 Å². The van der Waals surface area contributed by atoms with E-state index in [1.165, 1.54) is 0 Å². The molecule has 5 nitrogen and oxygen atoms in total. The standard InChI is InChI=1S/C21H19BrN4O/c1-12-10-17(25-13(2)19(12)27-3)21(14-6-4-7-15(22)11-14)16-8-5-9-24-18(16)20(23)26-21/h4-11H,1-3H3,(H2,23,26). The van der Waals surface area contributed by atoms with Crippen LogP contribution in [0.4, 0.5) is 0 Å². The van der Waals surface area contributed by atoms with Crippen LogP contribution in [0.3, 0.4) is 0 Å². The molecule has 1 aromatic carbocycles. The Kier molecular flexibility index (Phi) is 4.23. The van der Waals surface area contributed by atoms with Crippen LogP contribution in [0.5, 0.6) is 5.75 Å². The van der Waals surface area contributed by atoms with Crippen molar-refractivity contribution in [2.75, 3.05) is 7.11 Å². The van der Waals surface area contributed by atoms with Gasteiger partial charge in [0.15, 0.2) is 5.54 Å². The maximum Gasteiger partial charge on any atom is 0.157 e. The molecule has 3 heterocycles. The Morgan fingerprint density at radius 2 is 1.93 bits per heavy atom. The molecule has 1 aliphatic heterocycles. The molecule has 27 heavy (non-hydrogen) atoms. The number of aliphatic imine (C=N–C) groups is 1. The van der Waals surface area contributed by atoms with Gasteiger partial charge in [0, 0.05) is 16.2 Å². The monoisotopic (exact) mass is 422 g/mol. The molecule has 3 aromatic rings. The number of pyridine rings is 2. The fourth-order valence-electron chi connectivity index (χ4n) is 3.79. The lowest BCUT2D eigenvalue weighted by Gasteiger charge is -2.29. The molecule has 136 valence electrons. The van der Waals surface area contributed by atoms with Gasteiger partial charge in [-0.2, -0.15) is 0 Å². The maximum absolute atomic E-state index is 6.29. The number of aryl methyl sites for hydroxylation is 2. The van der Waals surface area contributed by atoms with Crippen LogP contribution in [0.25, 0.3) is 0 Å². The highest BCUT2D eigenvalue weighted by molar-refractivity contribution is 9.10. The summed E-state index contributed by atoms with van der Waals surface area (Å²) in [7, 11) is 1.66. The number of methoxy groups -OCH3 is 1. The lowest BCUT2D eigenvalue weighted by atomic mass is 9.80. The molecule has 0 amide bonds. The van der Waals surface area contributed by atoms with Crippen molar-refractivity contribution in [3.8, 4) is 5.75 Å². The molecule has 1 unspecified atom stereocenters. The number of fused-ring (bicyclic) bond motifs is 1. The molecule has 2 N–H and O–H groups in total. The van der Waals surface area contributed by atoms with Crippen LogP contribution in [0.2, 0.25) is 0 Å². The Morgan fingerprint density at radius 3 is 2.63 bits per heavy atom. The van der Waals surface area contributed by atoms with Crippen LogP contribution in [-0.4, -0.2) is 22.9 Å². The summed E-state index contributed by atoms with van der Waals surface area (Å²) in [4.78, 5) is 14.3. The number of rotatable bonds is 3. The van der Waals surface area contributed by atoms with Crippen LogP contribution >= 0.6 is 15.9 Å². The summed E-state index contributed by atoms with van der Waals surface area (Å²) in [5, 5.41) is 0. The molecule has 4 rings (SSSR count). The normalized spacial score (nSPS) is 18.1. The summed E-state index contributed by atoms with van der Waals surface area (Å²) in [5.74, 6) is 1.20. The smallest absolute Gasteiger partial charge is 0.157 e. The summed E-state index contributed by atoms with van der Waals surface area (Å²) in [6, 6.07) is 14.0. The predicted octanol–water partition coefficient (Wildman–Crippen LogP) is 3.88. The Balaban J connectivity index is 2.09. The summed E-state index contributed by atoms with van der Waals surface area (Å²) in [6.45, 7) is 3.95. The van der Waals surface area contributed by atoms with E-state index in [1.54, 1.807) is 13.3 Å². The number of nitrogens with two attached hydrogens (primary N) is 1. The topological polar surface area (TPSA) is 73.4 Å². The van der Waals surface area contributed by atoms with Gasteiger partial charge in [-0.05, 0) is 49.2 Å². The first-order valence-electron chi connectivity index (χ1n) is 8.57. The van der Waals surface area contributed by atoms with E-state index in [9.17, 15) is 0 Å².